The number of anilines is 1. The van der Waals surface area contributed by atoms with Crippen molar-refractivity contribution in [2.24, 2.45) is 0 Å². The molecule has 3 heterocycles. The van der Waals surface area contributed by atoms with E-state index < -0.39 is 5.97 Å². The molecule has 0 saturated heterocycles. The summed E-state index contributed by atoms with van der Waals surface area (Å²) in [5, 5.41) is 4.09. The van der Waals surface area contributed by atoms with Crippen LogP contribution in [0.5, 0.6) is 0 Å². The molecule has 0 aliphatic rings. The molecule has 7 nitrogen and oxygen atoms in total. The fourth-order valence-electron chi connectivity index (χ4n) is 2.99. The lowest BCUT2D eigenvalue weighted by molar-refractivity contribution is 0.0526. The lowest BCUT2D eigenvalue weighted by Crippen LogP contribution is -2.04. The van der Waals surface area contributed by atoms with Crippen LogP contribution in [0.2, 0.25) is 0 Å². The molecular formula is C21H19N3O4. The minimum Gasteiger partial charge on any atom is -0.465 e. The topological polar surface area (TPSA) is 90.4 Å². The van der Waals surface area contributed by atoms with Gasteiger partial charge in [-0.15, -0.1) is 0 Å². The van der Waals surface area contributed by atoms with Crippen molar-refractivity contribution in [2.75, 3.05) is 11.9 Å². The second kappa shape index (κ2) is 7.56. The normalized spacial score (nSPS) is 10.9. The van der Waals surface area contributed by atoms with Crippen molar-refractivity contribution < 1.29 is 18.4 Å². The summed E-state index contributed by atoms with van der Waals surface area (Å²) in [6.07, 6.45) is 2.99. The molecule has 0 bridgehead atoms. The third-order valence-electron chi connectivity index (χ3n) is 4.28. The molecule has 4 rings (SSSR count). The summed E-state index contributed by atoms with van der Waals surface area (Å²) in [4.78, 5) is 20.8. The van der Waals surface area contributed by atoms with Gasteiger partial charge in [0.2, 0.25) is 0 Å². The highest BCUT2D eigenvalue weighted by molar-refractivity contribution is 5.98. The molecule has 0 aliphatic heterocycles. The number of rotatable bonds is 6. The van der Waals surface area contributed by atoms with Gasteiger partial charge in [0.05, 0.1) is 24.9 Å². The number of fused-ring (bicyclic) bond motifs is 1. The largest absolute Gasteiger partial charge is 0.465 e. The molecule has 0 saturated carbocycles. The van der Waals surface area contributed by atoms with Crippen LogP contribution in [-0.2, 0) is 11.3 Å². The van der Waals surface area contributed by atoms with Crippen molar-refractivity contribution >= 4 is 22.7 Å². The number of carbonyl (C=O) groups is 1. The lowest BCUT2D eigenvalue weighted by Gasteiger charge is -2.09. The molecule has 28 heavy (non-hydrogen) atoms. The molecule has 4 aromatic rings. The van der Waals surface area contributed by atoms with E-state index in [0.29, 0.717) is 30.3 Å². The van der Waals surface area contributed by atoms with Gasteiger partial charge in [-0.05, 0) is 50.2 Å². The number of hydrogen-bond acceptors (Lipinski definition) is 7. The van der Waals surface area contributed by atoms with E-state index in [4.69, 9.17) is 13.6 Å². The first-order valence-corrected chi connectivity index (χ1v) is 8.94. The summed E-state index contributed by atoms with van der Waals surface area (Å²) in [6.45, 7) is 4.47. The smallest absolute Gasteiger partial charge is 0.342 e. The maximum absolute atomic E-state index is 12.2. The maximum atomic E-state index is 12.2. The zero-order valence-corrected chi connectivity index (χ0v) is 15.6. The summed E-state index contributed by atoms with van der Waals surface area (Å²) in [6, 6.07) is 11.1. The molecule has 1 aromatic carbocycles. The average molecular weight is 377 g/mol. The van der Waals surface area contributed by atoms with E-state index >= 15 is 0 Å². The fourth-order valence-corrected chi connectivity index (χ4v) is 2.99. The van der Waals surface area contributed by atoms with E-state index in [0.717, 1.165) is 28.0 Å². The lowest BCUT2D eigenvalue weighted by atomic mass is 10.1. The van der Waals surface area contributed by atoms with E-state index in [2.05, 4.69) is 15.3 Å². The van der Waals surface area contributed by atoms with Gasteiger partial charge in [-0.1, -0.05) is 0 Å². The van der Waals surface area contributed by atoms with Gasteiger partial charge in [0.15, 0.2) is 0 Å². The van der Waals surface area contributed by atoms with E-state index in [1.54, 1.807) is 13.0 Å². The molecule has 0 amide bonds. The Kier molecular flexibility index (Phi) is 4.80. The van der Waals surface area contributed by atoms with Crippen molar-refractivity contribution in [1.82, 2.24) is 9.97 Å². The Morgan fingerprint density at radius 1 is 1.18 bits per heavy atom. The second-order valence-electron chi connectivity index (χ2n) is 6.20. The summed E-state index contributed by atoms with van der Waals surface area (Å²) >= 11 is 0. The van der Waals surface area contributed by atoms with Gasteiger partial charge in [0, 0.05) is 10.9 Å². The minimum absolute atomic E-state index is 0.301. The molecule has 3 aromatic heterocycles. The Bertz CT molecular complexity index is 1130. The predicted octanol–water partition coefficient (Wildman–Crippen LogP) is 4.58. The standard InChI is InChI=1S/C21H19N3O4/c1-3-26-21(25)16-8-9-27-19(16)14-5-7-18-17(10-14)20(24-12-23-18)22-11-15-6-4-13(2)28-15/h4-10,12H,3,11H2,1-2H3,(H,22,23,24). The van der Waals surface area contributed by atoms with Crippen LogP contribution in [0.15, 0.2) is 57.8 Å². The molecular weight excluding hydrogens is 358 g/mol. The molecule has 0 fully saturated rings. The first-order chi connectivity index (χ1) is 13.7. The van der Waals surface area contributed by atoms with E-state index in [9.17, 15) is 4.79 Å². The highest BCUT2D eigenvalue weighted by atomic mass is 16.5. The van der Waals surface area contributed by atoms with Crippen LogP contribution in [0, 0.1) is 6.92 Å². The molecule has 0 unspecified atom stereocenters. The summed E-state index contributed by atoms with van der Waals surface area (Å²) in [5.74, 6) is 2.39. The molecule has 0 spiro atoms. The Morgan fingerprint density at radius 2 is 2.07 bits per heavy atom. The van der Waals surface area contributed by atoms with Gasteiger partial charge < -0.3 is 18.9 Å². The summed E-state index contributed by atoms with van der Waals surface area (Å²) in [7, 11) is 0. The summed E-state index contributed by atoms with van der Waals surface area (Å²) < 4.78 is 16.3. The molecule has 7 heteroatoms. The SMILES string of the molecule is CCOC(=O)c1ccoc1-c1ccc2ncnc(NCc3ccc(C)o3)c2c1. The van der Waals surface area contributed by atoms with E-state index in [-0.39, 0.29) is 0 Å². The highest BCUT2D eigenvalue weighted by Crippen LogP contribution is 2.30. The fraction of sp³-hybridized carbons (Fsp3) is 0.190. The number of nitrogens with zero attached hydrogens (tertiary/aromatic N) is 2. The van der Waals surface area contributed by atoms with Gasteiger partial charge in [-0.25, -0.2) is 14.8 Å². The van der Waals surface area contributed by atoms with Crippen LogP contribution >= 0.6 is 0 Å². The van der Waals surface area contributed by atoms with Crippen molar-refractivity contribution in [2.45, 2.75) is 20.4 Å². The van der Waals surface area contributed by atoms with Gasteiger partial charge in [0.1, 0.15) is 35.0 Å². The van der Waals surface area contributed by atoms with Crippen LogP contribution in [0.1, 0.15) is 28.8 Å². The third kappa shape index (κ3) is 3.46. The Morgan fingerprint density at radius 3 is 2.86 bits per heavy atom. The number of nitrogens with one attached hydrogen (secondary N) is 1. The Hall–Kier alpha value is -3.61. The number of benzene rings is 1. The number of esters is 1. The van der Waals surface area contributed by atoms with E-state index in [1.165, 1.54) is 12.6 Å². The zero-order valence-electron chi connectivity index (χ0n) is 15.6. The monoisotopic (exact) mass is 377 g/mol. The van der Waals surface area contributed by atoms with Crippen LogP contribution in [0.4, 0.5) is 5.82 Å². The van der Waals surface area contributed by atoms with E-state index in [1.807, 2.05) is 37.3 Å². The molecule has 0 radical (unpaired) electrons. The predicted molar refractivity (Wildman–Crippen MR) is 104 cm³/mol. The van der Waals surface area contributed by atoms with Gasteiger partial charge in [0.25, 0.3) is 0 Å². The Labute approximate surface area is 161 Å². The number of ether oxygens (including phenoxy) is 1. The van der Waals surface area contributed by atoms with Crippen LogP contribution in [0.25, 0.3) is 22.2 Å². The first-order valence-electron chi connectivity index (χ1n) is 8.94. The molecule has 0 aliphatic carbocycles. The summed E-state index contributed by atoms with van der Waals surface area (Å²) in [5.41, 5.74) is 1.91. The van der Waals surface area contributed by atoms with Crippen molar-refractivity contribution in [3.8, 4) is 11.3 Å². The maximum Gasteiger partial charge on any atom is 0.342 e. The third-order valence-corrected chi connectivity index (χ3v) is 4.28. The number of hydrogen-bond donors (Lipinski definition) is 1. The molecule has 142 valence electrons. The number of aryl methyl sites for hydroxylation is 1. The van der Waals surface area contributed by atoms with Crippen molar-refractivity contribution in [3.63, 3.8) is 0 Å². The number of aromatic nitrogens is 2. The van der Waals surface area contributed by atoms with Crippen molar-refractivity contribution in [1.29, 1.82) is 0 Å². The number of carbonyl (C=O) groups excluding carboxylic acids is 1. The quantitative estimate of drug-likeness (QED) is 0.492. The first kappa shape index (κ1) is 17.8. The number of furan rings is 2. The van der Waals surface area contributed by atoms with Gasteiger partial charge >= 0.3 is 5.97 Å². The van der Waals surface area contributed by atoms with Crippen LogP contribution in [-0.4, -0.2) is 22.5 Å². The molecule has 1 N–H and O–H groups in total. The average Bonchev–Trinajstić information content (AvgIpc) is 3.35. The van der Waals surface area contributed by atoms with Crippen LogP contribution in [0.3, 0.4) is 0 Å². The molecule has 0 atom stereocenters. The van der Waals surface area contributed by atoms with Crippen molar-refractivity contribution in [3.05, 3.63) is 66.1 Å². The van der Waals surface area contributed by atoms with Gasteiger partial charge in [-0.2, -0.15) is 0 Å². The second-order valence-corrected chi connectivity index (χ2v) is 6.20. The Balaban J connectivity index is 1.69. The van der Waals surface area contributed by atoms with Gasteiger partial charge in [-0.3, -0.25) is 0 Å². The zero-order chi connectivity index (χ0) is 19.5. The minimum atomic E-state index is -0.415. The van der Waals surface area contributed by atoms with Crippen LogP contribution < -0.4 is 5.32 Å². The highest BCUT2D eigenvalue weighted by Gasteiger charge is 2.18.